The SMILES string of the molecule is CCCCC(=O)OC(CI)CC(=O)OCCCCCC(C)C. The molecule has 0 aliphatic heterocycles. The summed E-state index contributed by atoms with van der Waals surface area (Å²) in [5, 5.41) is 0. The van der Waals surface area contributed by atoms with Crippen molar-refractivity contribution in [1.29, 1.82) is 0 Å². The molecule has 130 valence electrons. The van der Waals surface area contributed by atoms with E-state index in [4.69, 9.17) is 9.47 Å². The van der Waals surface area contributed by atoms with Crippen LogP contribution in [0.3, 0.4) is 0 Å². The van der Waals surface area contributed by atoms with Crippen molar-refractivity contribution in [1.82, 2.24) is 0 Å². The van der Waals surface area contributed by atoms with Crippen molar-refractivity contribution in [3.05, 3.63) is 0 Å². The van der Waals surface area contributed by atoms with Crippen molar-refractivity contribution in [2.75, 3.05) is 11.0 Å². The van der Waals surface area contributed by atoms with Crippen LogP contribution in [-0.2, 0) is 19.1 Å². The average Bonchev–Trinajstić information content (AvgIpc) is 2.47. The molecule has 0 saturated heterocycles. The number of hydrogen-bond acceptors (Lipinski definition) is 4. The van der Waals surface area contributed by atoms with Crippen molar-refractivity contribution < 1.29 is 19.1 Å². The topological polar surface area (TPSA) is 52.6 Å². The number of halogens is 1. The normalized spacial score (nSPS) is 12.2. The molecular formula is C17H31IO4. The van der Waals surface area contributed by atoms with Crippen LogP contribution in [0.1, 0.15) is 72.1 Å². The molecule has 22 heavy (non-hydrogen) atoms. The Labute approximate surface area is 148 Å². The number of unbranched alkanes of at least 4 members (excludes halogenated alkanes) is 3. The second-order valence-electron chi connectivity index (χ2n) is 6.04. The zero-order valence-corrected chi connectivity index (χ0v) is 16.4. The summed E-state index contributed by atoms with van der Waals surface area (Å²) in [5.41, 5.74) is 0. The predicted molar refractivity (Wildman–Crippen MR) is 97.2 cm³/mol. The number of rotatable bonds is 13. The van der Waals surface area contributed by atoms with E-state index in [1.54, 1.807) is 0 Å². The second-order valence-corrected chi connectivity index (χ2v) is 6.92. The third-order valence-corrected chi connectivity index (χ3v) is 4.27. The summed E-state index contributed by atoms with van der Waals surface area (Å²) in [6.07, 6.45) is 6.41. The van der Waals surface area contributed by atoms with E-state index in [9.17, 15) is 9.59 Å². The van der Waals surface area contributed by atoms with Crippen LogP contribution in [0.2, 0.25) is 0 Å². The van der Waals surface area contributed by atoms with Crippen molar-refractivity contribution in [2.45, 2.75) is 78.2 Å². The summed E-state index contributed by atoms with van der Waals surface area (Å²) >= 11 is 2.13. The molecule has 0 N–H and O–H groups in total. The first kappa shape index (κ1) is 21.7. The van der Waals surface area contributed by atoms with E-state index in [1.165, 1.54) is 12.8 Å². The van der Waals surface area contributed by atoms with Gasteiger partial charge < -0.3 is 9.47 Å². The number of carbonyl (C=O) groups is 2. The molecule has 0 fully saturated rings. The molecular weight excluding hydrogens is 395 g/mol. The molecule has 0 bridgehead atoms. The molecule has 0 heterocycles. The Morgan fingerprint density at radius 2 is 1.77 bits per heavy atom. The highest BCUT2D eigenvalue weighted by Crippen LogP contribution is 2.10. The van der Waals surface area contributed by atoms with Crippen LogP contribution < -0.4 is 0 Å². The molecule has 0 aromatic rings. The molecule has 0 aliphatic rings. The minimum Gasteiger partial charge on any atom is -0.466 e. The lowest BCUT2D eigenvalue weighted by Gasteiger charge is -2.15. The number of esters is 2. The first-order valence-corrected chi connectivity index (χ1v) is 9.93. The molecule has 0 amide bonds. The maximum Gasteiger partial charge on any atom is 0.309 e. The molecule has 1 atom stereocenters. The van der Waals surface area contributed by atoms with E-state index in [0.29, 0.717) is 17.5 Å². The number of hydrogen-bond donors (Lipinski definition) is 0. The second kappa shape index (κ2) is 14.3. The van der Waals surface area contributed by atoms with Gasteiger partial charge in [0, 0.05) is 10.8 Å². The van der Waals surface area contributed by atoms with Crippen molar-refractivity contribution in [3.8, 4) is 0 Å². The number of carbonyl (C=O) groups excluding carboxylic acids is 2. The fourth-order valence-corrected chi connectivity index (χ4v) is 2.45. The van der Waals surface area contributed by atoms with Crippen LogP contribution in [-0.4, -0.2) is 29.1 Å². The maximum atomic E-state index is 11.7. The summed E-state index contributed by atoms with van der Waals surface area (Å²) in [6.45, 7) is 6.92. The lowest BCUT2D eigenvalue weighted by molar-refractivity contribution is -0.153. The van der Waals surface area contributed by atoms with Crippen LogP contribution >= 0.6 is 22.6 Å². The molecule has 0 aliphatic carbocycles. The zero-order valence-electron chi connectivity index (χ0n) is 14.2. The Balaban J connectivity index is 3.75. The van der Waals surface area contributed by atoms with Gasteiger partial charge in [0.15, 0.2) is 0 Å². The number of ether oxygens (including phenoxy) is 2. The predicted octanol–water partition coefficient (Wildman–Crippen LogP) is 4.67. The van der Waals surface area contributed by atoms with Crippen LogP contribution in [0.5, 0.6) is 0 Å². The highest BCUT2D eigenvalue weighted by atomic mass is 127. The van der Waals surface area contributed by atoms with Gasteiger partial charge >= 0.3 is 11.9 Å². The van der Waals surface area contributed by atoms with E-state index in [0.717, 1.165) is 31.6 Å². The van der Waals surface area contributed by atoms with Gasteiger partial charge in [0.2, 0.25) is 0 Å². The van der Waals surface area contributed by atoms with Gasteiger partial charge in [0.25, 0.3) is 0 Å². The molecule has 0 rings (SSSR count). The van der Waals surface area contributed by atoms with Crippen molar-refractivity contribution >= 4 is 34.5 Å². The average molecular weight is 426 g/mol. The van der Waals surface area contributed by atoms with E-state index >= 15 is 0 Å². The Hall–Kier alpha value is -0.330. The minimum atomic E-state index is -0.363. The summed E-state index contributed by atoms with van der Waals surface area (Å²) in [5.74, 6) is 0.244. The number of alkyl halides is 1. The van der Waals surface area contributed by atoms with Crippen molar-refractivity contribution in [3.63, 3.8) is 0 Å². The smallest absolute Gasteiger partial charge is 0.309 e. The van der Waals surface area contributed by atoms with Gasteiger partial charge in [0.1, 0.15) is 6.10 Å². The van der Waals surface area contributed by atoms with Crippen LogP contribution in [0.25, 0.3) is 0 Å². The first-order chi connectivity index (χ1) is 10.5. The summed E-state index contributed by atoms with van der Waals surface area (Å²) in [6, 6.07) is 0. The van der Waals surface area contributed by atoms with E-state index in [1.807, 2.05) is 6.92 Å². The standard InChI is InChI=1S/C17H31IO4/c1-4-5-10-16(19)22-15(13-18)12-17(20)21-11-8-6-7-9-14(2)3/h14-15H,4-13H2,1-3H3. The van der Waals surface area contributed by atoms with Crippen LogP contribution in [0.15, 0.2) is 0 Å². The van der Waals surface area contributed by atoms with E-state index in [-0.39, 0.29) is 24.5 Å². The van der Waals surface area contributed by atoms with Crippen LogP contribution in [0.4, 0.5) is 0 Å². The molecule has 4 nitrogen and oxygen atoms in total. The van der Waals surface area contributed by atoms with E-state index < -0.39 is 0 Å². The monoisotopic (exact) mass is 426 g/mol. The molecule has 1 unspecified atom stereocenters. The Morgan fingerprint density at radius 1 is 1.05 bits per heavy atom. The Morgan fingerprint density at radius 3 is 2.36 bits per heavy atom. The molecule has 5 heteroatoms. The van der Waals surface area contributed by atoms with Crippen LogP contribution in [0, 0.1) is 5.92 Å². The first-order valence-electron chi connectivity index (χ1n) is 8.40. The van der Waals surface area contributed by atoms with Gasteiger partial charge in [-0.2, -0.15) is 0 Å². The van der Waals surface area contributed by atoms with Gasteiger partial charge in [-0.3, -0.25) is 9.59 Å². The Kier molecular flexibility index (Phi) is 14.1. The highest BCUT2D eigenvalue weighted by Gasteiger charge is 2.18. The largest absolute Gasteiger partial charge is 0.466 e. The lowest BCUT2D eigenvalue weighted by atomic mass is 10.1. The van der Waals surface area contributed by atoms with Gasteiger partial charge in [-0.1, -0.05) is 69.0 Å². The summed E-state index contributed by atoms with van der Waals surface area (Å²) < 4.78 is 11.1. The van der Waals surface area contributed by atoms with Gasteiger partial charge in [0.05, 0.1) is 13.0 Å². The summed E-state index contributed by atoms with van der Waals surface area (Å²) in [4.78, 5) is 23.3. The van der Waals surface area contributed by atoms with Gasteiger partial charge in [-0.25, -0.2) is 0 Å². The molecule has 0 spiro atoms. The molecule has 0 radical (unpaired) electrons. The fourth-order valence-electron chi connectivity index (χ4n) is 1.96. The van der Waals surface area contributed by atoms with E-state index in [2.05, 4.69) is 36.4 Å². The van der Waals surface area contributed by atoms with Gasteiger partial charge in [-0.05, 0) is 18.8 Å². The minimum absolute atomic E-state index is 0.160. The molecule has 0 aromatic heterocycles. The quantitative estimate of drug-likeness (QED) is 0.186. The maximum absolute atomic E-state index is 11.7. The molecule has 0 saturated carbocycles. The highest BCUT2D eigenvalue weighted by molar-refractivity contribution is 14.1. The van der Waals surface area contributed by atoms with Gasteiger partial charge in [-0.15, -0.1) is 0 Å². The third kappa shape index (κ3) is 13.3. The molecule has 0 aromatic carbocycles. The van der Waals surface area contributed by atoms with Crippen molar-refractivity contribution in [2.24, 2.45) is 5.92 Å². The summed E-state index contributed by atoms with van der Waals surface area (Å²) in [7, 11) is 0. The third-order valence-electron chi connectivity index (χ3n) is 3.29. The Bertz CT molecular complexity index is 305. The zero-order chi connectivity index (χ0) is 16.8. The fraction of sp³-hybridized carbons (Fsp3) is 0.882. The lowest BCUT2D eigenvalue weighted by Crippen LogP contribution is -2.24.